The molecule has 1 aliphatic carbocycles. The molecule has 4 heteroatoms. The molecule has 1 saturated carbocycles. The molecule has 0 aromatic heterocycles. The molecule has 1 aromatic carbocycles. The van der Waals surface area contributed by atoms with E-state index in [1.165, 1.54) is 0 Å². The van der Waals surface area contributed by atoms with Crippen molar-refractivity contribution in [3.63, 3.8) is 0 Å². The molecule has 1 aliphatic rings. The van der Waals surface area contributed by atoms with Crippen LogP contribution < -0.4 is 4.72 Å². The van der Waals surface area contributed by atoms with Gasteiger partial charge in [-0.05, 0) is 43.2 Å². The molecular weight excluding hydrogens is 270 g/mol. The smallest absolute Gasteiger partial charge is 0.208 e. The van der Waals surface area contributed by atoms with E-state index in [-0.39, 0.29) is 11.5 Å². The second kappa shape index (κ2) is 5.49. The monoisotopic (exact) mass is 295 g/mol. The number of sulfonamides is 1. The van der Waals surface area contributed by atoms with Crippen LogP contribution in [0.2, 0.25) is 0 Å². The number of aryl methyl sites for hydroxylation is 1. The maximum atomic E-state index is 12.4. The van der Waals surface area contributed by atoms with Gasteiger partial charge in [-0.1, -0.05) is 44.9 Å². The largest absolute Gasteiger partial charge is 0.240 e. The van der Waals surface area contributed by atoms with Gasteiger partial charge in [0.15, 0.2) is 0 Å². The van der Waals surface area contributed by atoms with Crippen molar-refractivity contribution in [2.24, 2.45) is 11.3 Å². The Kier molecular flexibility index (Phi) is 4.26. The minimum absolute atomic E-state index is 0.0567. The van der Waals surface area contributed by atoms with Gasteiger partial charge in [0, 0.05) is 6.04 Å². The summed E-state index contributed by atoms with van der Waals surface area (Å²) in [6, 6.07) is 7.08. The van der Waals surface area contributed by atoms with E-state index in [2.05, 4.69) is 25.5 Å². The predicted octanol–water partition coefficient (Wildman–Crippen LogP) is 3.49. The summed E-state index contributed by atoms with van der Waals surface area (Å²) in [5.74, 6) is 0.591. The van der Waals surface area contributed by atoms with E-state index in [1.54, 1.807) is 12.1 Å². The van der Waals surface area contributed by atoms with Gasteiger partial charge in [0.25, 0.3) is 0 Å². The Morgan fingerprint density at radius 3 is 2.35 bits per heavy atom. The molecule has 0 heterocycles. The summed E-state index contributed by atoms with van der Waals surface area (Å²) in [5.41, 5.74) is 1.28. The number of hydrogen-bond donors (Lipinski definition) is 1. The van der Waals surface area contributed by atoms with Crippen LogP contribution in [-0.4, -0.2) is 14.5 Å². The Morgan fingerprint density at radius 2 is 1.85 bits per heavy atom. The summed E-state index contributed by atoms with van der Waals surface area (Å²) in [6.07, 6.45) is 2.96. The fourth-order valence-corrected chi connectivity index (χ4v) is 4.61. The number of hydrogen-bond acceptors (Lipinski definition) is 2. The first-order valence-electron chi connectivity index (χ1n) is 7.33. The Morgan fingerprint density at radius 1 is 1.25 bits per heavy atom. The standard InChI is InChI=1S/C16H25NO2S/c1-5-13-10-14(11-16(13,3)4)17-20(18,19)15-8-6-12(2)7-9-15/h6-9,13-14,17H,5,10-11H2,1-4H3/t13-,14?/m1/s1. The highest BCUT2D eigenvalue weighted by molar-refractivity contribution is 7.89. The van der Waals surface area contributed by atoms with Crippen LogP contribution in [0.4, 0.5) is 0 Å². The van der Waals surface area contributed by atoms with E-state index in [9.17, 15) is 8.42 Å². The zero-order valence-electron chi connectivity index (χ0n) is 12.8. The second-order valence-corrected chi connectivity index (χ2v) is 8.38. The lowest BCUT2D eigenvalue weighted by atomic mass is 9.80. The molecule has 20 heavy (non-hydrogen) atoms. The lowest BCUT2D eigenvalue weighted by Crippen LogP contribution is -2.33. The van der Waals surface area contributed by atoms with Crippen molar-refractivity contribution in [1.82, 2.24) is 4.72 Å². The molecule has 0 saturated heterocycles. The van der Waals surface area contributed by atoms with Crippen LogP contribution in [0.25, 0.3) is 0 Å². The molecule has 1 aromatic rings. The van der Waals surface area contributed by atoms with E-state index < -0.39 is 10.0 Å². The summed E-state index contributed by atoms with van der Waals surface area (Å²) in [7, 11) is -3.39. The zero-order valence-corrected chi connectivity index (χ0v) is 13.6. The maximum Gasteiger partial charge on any atom is 0.240 e. The van der Waals surface area contributed by atoms with Gasteiger partial charge in [-0.2, -0.15) is 0 Å². The first-order valence-corrected chi connectivity index (χ1v) is 8.82. The normalized spacial score (nSPS) is 25.8. The van der Waals surface area contributed by atoms with Gasteiger partial charge in [0.2, 0.25) is 10.0 Å². The van der Waals surface area contributed by atoms with Crippen molar-refractivity contribution in [3.8, 4) is 0 Å². The third kappa shape index (κ3) is 3.23. The summed E-state index contributed by atoms with van der Waals surface area (Å²) in [6.45, 7) is 8.61. The third-order valence-corrected chi connectivity index (χ3v) is 6.13. The van der Waals surface area contributed by atoms with Crippen LogP contribution in [0.1, 0.15) is 45.6 Å². The lowest BCUT2D eigenvalue weighted by Gasteiger charge is -2.25. The van der Waals surface area contributed by atoms with Crippen LogP contribution >= 0.6 is 0 Å². The van der Waals surface area contributed by atoms with Crippen LogP contribution in [0.5, 0.6) is 0 Å². The summed E-state index contributed by atoms with van der Waals surface area (Å²) in [4.78, 5) is 0.362. The molecule has 0 bridgehead atoms. The van der Waals surface area contributed by atoms with Crippen LogP contribution in [-0.2, 0) is 10.0 Å². The van der Waals surface area contributed by atoms with Crippen LogP contribution in [0.3, 0.4) is 0 Å². The van der Waals surface area contributed by atoms with E-state index in [1.807, 2.05) is 19.1 Å². The highest BCUT2D eigenvalue weighted by Gasteiger charge is 2.40. The Labute approximate surface area is 122 Å². The third-order valence-electron chi connectivity index (χ3n) is 4.59. The molecule has 0 aliphatic heterocycles. The molecule has 3 nitrogen and oxygen atoms in total. The Hall–Kier alpha value is -0.870. The molecule has 1 N–H and O–H groups in total. The number of benzene rings is 1. The molecule has 0 amide bonds. The van der Waals surface area contributed by atoms with Crippen molar-refractivity contribution < 1.29 is 8.42 Å². The molecule has 112 valence electrons. The minimum Gasteiger partial charge on any atom is -0.208 e. The van der Waals surface area contributed by atoms with Crippen molar-refractivity contribution >= 4 is 10.0 Å². The van der Waals surface area contributed by atoms with Gasteiger partial charge in [-0.3, -0.25) is 0 Å². The van der Waals surface area contributed by atoms with Gasteiger partial charge >= 0.3 is 0 Å². The molecule has 1 unspecified atom stereocenters. The SMILES string of the molecule is CC[C@@H]1CC(NS(=O)(=O)c2ccc(C)cc2)CC1(C)C. The van der Waals surface area contributed by atoms with Gasteiger partial charge in [0.05, 0.1) is 4.90 Å². The van der Waals surface area contributed by atoms with Crippen molar-refractivity contribution in [1.29, 1.82) is 0 Å². The fourth-order valence-electron chi connectivity index (χ4n) is 3.36. The number of nitrogens with one attached hydrogen (secondary N) is 1. The van der Waals surface area contributed by atoms with Crippen molar-refractivity contribution in [2.45, 2.75) is 57.9 Å². The predicted molar refractivity (Wildman–Crippen MR) is 82.1 cm³/mol. The second-order valence-electron chi connectivity index (χ2n) is 6.66. The minimum atomic E-state index is -3.39. The van der Waals surface area contributed by atoms with Crippen LogP contribution in [0.15, 0.2) is 29.2 Å². The quantitative estimate of drug-likeness (QED) is 0.924. The highest BCUT2D eigenvalue weighted by atomic mass is 32.2. The van der Waals surface area contributed by atoms with Crippen LogP contribution in [0, 0.1) is 18.3 Å². The maximum absolute atomic E-state index is 12.4. The first kappa shape index (κ1) is 15.5. The molecule has 1 fully saturated rings. The summed E-state index contributed by atoms with van der Waals surface area (Å²) < 4.78 is 27.7. The van der Waals surface area contributed by atoms with E-state index in [4.69, 9.17) is 0 Å². The Bertz CT molecular complexity index is 561. The van der Waals surface area contributed by atoms with Gasteiger partial charge < -0.3 is 0 Å². The molecule has 0 radical (unpaired) electrons. The van der Waals surface area contributed by atoms with E-state index in [0.717, 1.165) is 24.8 Å². The zero-order chi connectivity index (χ0) is 15.0. The van der Waals surface area contributed by atoms with E-state index in [0.29, 0.717) is 10.8 Å². The fraction of sp³-hybridized carbons (Fsp3) is 0.625. The number of rotatable bonds is 4. The van der Waals surface area contributed by atoms with Crippen molar-refractivity contribution in [2.75, 3.05) is 0 Å². The Balaban J connectivity index is 2.12. The topological polar surface area (TPSA) is 46.2 Å². The first-order chi connectivity index (χ1) is 9.24. The average molecular weight is 295 g/mol. The van der Waals surface area contributed by atoms with Gasteiger partial charge in [-0.15, -0.1) is 0 Å². The average Bonchev–Trinajstić information content (AvgIpc) is 2.63. The van der Waals surface area contributed by atoms with Crippen molar-refractivity contribution in [3.05, 3.63) is 29.8 Å². The molecule has 2 rings (SSSR count). The molecule has 0 spiro atoms. The highest BCUT2D eigenvalue weighted by Crippen LogP contribution is 2.44. The van der Waals surface area contributed by atoms with E-state index >= 15 is 0 Å². The van der Waals surface area contributed by atoms with Gasteiger partial charge in [0.1, 0.15) is 0 Å². The molecular formula is C16H25NO2S. The lowest BCUT2D eigenvalue weighted by molar-refractivity contribution is 0.252. The molecule has 2 atom stereocenters. The summed E-state index contributed by atoms with van der Waals surface area (Å²) >= 11 is 0. The summed E-state index contributed by atoms with van der Waals surface area (Å²) in [5, 5.41) is 0. The van der Waals surface area contributed by atoms with Gasteiger partial charge in [-0.25, -0.2) is 13.1 Å².